The van der Waals surface area contributed by atoms with Gasteiger partial charge in [-0.2, -0.15) is 0 Å². The summed E-state index contributed by atoms with van der Waals surface area (Å²) in [4.78, 5) is 22.1. The Morgan fingerprint density at radius 1 is 1.44 bits per heavy atom. The third-order valence-electron chi connectivity index (χ3n) is 1.68. The Morgan fingerprint density at radius 3 is 2.28 bits per heavy atom. The number of guanidine groups is 1. The molecule has 0 radical (unpaired) electrons. The van der Waals surface area contributed by atoms with Gasteiger partial charge in [0, 0.05) is 6.42 Å². The maximum absolute atomic E-state index is 11.3. The molecule has 0 saturated heterocycles. The van der Waals surface area contributed by atoms with Crippen LogP contribution in [0.2, 0.25) is 0 Å². The van der Waals surface area contributed by atoms with E-state index < -0.39 is 29.5 Å². The standard InChI is InChI=1S/C10H19N3O4.ClH/c1-10(2,3)17-7(14)5-4-6(8(15)16)13-9(11)12;/h6H,4-5H2,1-3H3,(H,15,16)(H4,11,12,13);1H. The molecule has 0 aliphatic carbocycles. The van der Waals surface area contributed by atoms with Crippen LogP contribution in [0.4, 0.5) is 0 Å². The highest BCUT2D eigenvalue weighted by molar-refractivity contribution is 5.85. The molecule has 0 rings (SSSR count). The summed E-state index contributed by atoms with van der Waals surface area (Å²) in [5.74, 6) is -2.08. The predicted molar refractivity (Wildman–Crippen MR) is 68.8 cm³/mol. The molecular formula is C10H20ClN3O4. The number of rotatable bonds is 5. The molecule has 0 aromatic heterocycles. The van der Waals surface area contributed by atoms with E-state index in [9.17, 15) is 9.59 Å². The number of hydrogen-bond acceptors (Lipinski definition) is 4. The summed E-state index contributed by atoms with van der Waals surface area (Å²) < 4.78 is 5.03. The smallest absolute Gasteiger partial charge is 0.326 e. The summed E-state index contributed by atoms with van der Waals surface area (Å²) in [5.41, 5.74) is 4.44. The molecule has 8 heteroatoms. The molecule has 0 aliphatic heterocycles. The topological polar surface area (TPSA) is 126 Å². The van der Waals surface area contributed by atoms with E-state index in [0.29, 0.717) is 0 Å². The quantitative estimate of drug-likeness (QED) is 0.330. The molecule has 0 aliphatic rings. The molecule has 7 nitrogen and oxygen atoms in total. The fourth-order valence-corrected chi connectivity index (χ4v) is 1.10. The van der Waals surface area contributed by atoms with Gasteiger partial charge in [0.2, 0.25) is 0 Å². The average Bonchev–Trinajstić information content (AvgIpc) is 2.08. The van der Waals surface area contributed by atoms with Gasteiger partial charge in [0.1, 0.15) is 11.6 Å². The first kappa shape index (κ1) is 18.9. The maximum atomic E-state index is 11.3. The zero-order valence-electron chi connectivity index (χ0n) is 10.6. The van der Waals surface area contributed by atoms with E-state index in [4.69, 9.17) is 21.0 Å². The minimum Gasteiger partial charge on any atom is -0.480 e. The van der Waals surface area contributed by atoms with E-state index >= 15 is 0 Å². The summed E-state index contributed by atoms with van der Waals surface area (Å²) in [6, 6.07) is -1.06. The van der Waals surface area contributed by atoms with Gasteiger partial charge in [-0.05, 0) is 27.2 Å². The molecule has 0 aromatic rings. The van der Waals surface area contributed by atoms with Crippen molar-refractivity contribution in [2.75, 3.05) is 0 Å². The van der Waals surface area contributed by atoms with Gasteiger partial charge in [-0.1, -0.05) is 0 Å². The number of hydrogen-bond donors (Lipinski definition) is 4. The van der Waals surface area contributed by atoms with Crippen molar-refractivity contribution in [2.24, 2.45) is 5.73 Å². The molecular weight excluding hydrogens is 262 g/mol. The van der Waals surface area contributed by atoms with Crippen molar-refractivity contribution in [3.8, 4) is 0 Å². The second-order valence-electron chi connectivity index (χ2n) is 4.57. The number of nitrogens with one attached hydrogen (secondary N) is 2. The van der Waals surface area contributed by atoms with Crippen LogP contribution in [0.1, 0.15) is 33.6 Å². The lowest BCUT2D eigenvalue weighted by Crippen LogP contribution is -2.44. The van der Waals surface area contributed by atoms with Gasteiger partial charge in [0.15, 0.2) is 5.96 Å². The molecule has 106 valence electrons. The van der Waals surface area contributed by atoms with Crippen molar-refractivity contribution in [1.82, 2.24) is 5.32 Å². The Morgan fingerprint density at radius 2 is 1.94 bits per heavy atom. The normalized spacial score (nSPS) is 11.9. The first-order valence-electron chi connectivity index (χ1n) is 5.17. The van der Waals surface area contributed by atoms with E-state index in [0.717, 1.165) is 0 Å². The van der Waals surface area contributed by atoms with Crippen LogP contribution in [0.15, 0.2) is 0 Å². The minimum absolute atomic E-state index is 0. The number of aliphatic carboxylic acids is 1. The lowest BCUT2D eigenvalue weighted by Gasteiger charge is -2.20. The van der Waals surface area contributed by atoms with Crippen LogP contribution in [0.25, 0.3) is 0 Å². The number of carboxylic acid groups (broad SMARTS) is 1. The van der Waals surface area contributed by atoms with Gasteiger partial charge in [0.05, 0.1) is 0 Å². The van der Waals surface area contributed by atoms with E-state index in [1.54, 1.807) is 20.8 Å². The average molecular weight is 282 g/mol. The van der Waals surface area contributed by atoms with Crippen LogP contribution < -0.4 is 11.1 Å². The third-order valence-corrected chi connectivity index (χ3v) is 1.68. The van der Waals surface area contributed by atoms with Crippen molar-refractivity contribution in [3.05, 3.63) is 0 Å². The maximum Gasteiger partial charge on any atom is 0.326 e. The number of carbonyl (C=O) groups excluding carboxylic acids is 1. The third kappa shape index (κ3) is 9.71. The molecule has 0 saturated carbocycles. The molecule has 0 spiro atoms. The fraction of sp³-hybridized carbons (Fsp3) is 0.700. The number of esters is 1. The molecule has 5 N–H and O–H groups in total. The highest BCUT2D eigenvalue weighted by Gasteiger charge is 2.21. The van der Waals surface area contributed by atoms with Crippen LogP contribution in [-0.2, 0) is 14.3 Å². The Balaban J connectivity index is 0. The van der Waals surface area contributed by atoms with Gasteiger partial charge < -0.3 is 20.9 Å². The number of ether oxygens (including phenoxy) is 1. The van der Waals surface area contributed by atoms with Gasteiger partial charge in [-0.15, -0.1) is 12.4 Å². The first-order chi connectivity index (χ1) is 7.61. The van der Waals surface area contributed by atoms with Crippen LogP contribution in [0, 0.1) is 5.41 Å². The fourth-order valence-electron chi connectivity index (χ4n) is 1.10. The van der Waals surface area contributed by atoms with Crippen molar-refractivity contribution >= 4 is 30.3 Å². The lowest BCUT2D eigenvalue weighted by molar-refractivity contribution is -0.155. The molecule has 0 heterocycles. The van der Waals surface area contributed by atoms with Crippen LogP contribution in [0.3, 0.4) is 0 Å². The summed E-state index contributed by atoms with van der Waals surface area (Å²) in [6.45, 7) is 5.19. The summed E-state index contributed by atoms with van der Waals surface area (Å²) >= 11 is 0. The molecule has 0 aromatic carbocycles. The molecule has 0 bridgehead atoms. The summed E-state index contributed by atoms with van der Waals surface area (Å²) in [6.07, 6.45) is -0.0294. The molecule has 0 fully saturated rings. The van der Waals surface area contributed by atoms with E-state index in [1.165, 1.54) is 0 Å². The summed E-state index contributed by atoms with van der Waals surface area (Å²) in [7, 11) is 0. The van der Waals surface area contributed by atoms with Crippen molar-refractivity contribution in [1.29, 1.82) is 5.41 Å². The van der Waals surface area contributed by atoms with Crippen molar-refractivity contribution in [3.63, 3.8) is 0 Å². The predicted octanol–water partition coefficient (Wildman–Crippen LogP) is 0.466. The Labute approximate surface area is 112 Å². The van der Waals surface area contributed by atoms with Gasteiger partial charge in [-0.25, -0.2) is 4.79 Å². The Bertz CT molecular complexity index is 315. The second-order valence-corrected chi connectivity index (χ2v) is 4.57. The SMILES string of the molecule is CC(C)(C)OC(=O)CCC(NC(=N)N)C(=O)O.Cl. The zero-order valence-corrected chi connectivity index (χ0v) is 11.5. The second kappa shape index (κ2) is 7.75. The molecule has 18 heavy (non-hydrogen) atoms. The molecule has 1 atom stereocenters. The highest BCUT2D eigenvalue weighted by atomic mass is 35.5. The van der Waals surface area contributed by atoms with Gasteiger partial charge in [0.25, 0.3) is 0 Å². The first-order valence-corrected chi connectivity index (χ1v) is 5.17. The largest absolute Gasteiger partial charge is 0.480 e. The monoisotopic (exact) mass is 281 g/mol. The zero-order chi connectivity index (χ0) is 13.6. The number of nitrogens with two attached hydrogens (primary N) is 1. The van der Waals surface area contributed by atoms with Crippen LogP contribution in [0.5, 0.6) is 0 Å². The number of halogens is 1. The van der Waals surface area contributed by atoms with Crippen LogP contribution >= 0.6 is 12.4 Å². The van der Waals surface area contributed by atoms with Gasteiger partial charge >= 0.3 is 11.9 Å². The van der Waals surface area contributed by atoms with E-state index in [-0.39, 0.29) is 25.2 Å². The highest BCUT2D eigenvalue weighted by Crippen LogP contribution is 2.10. The Kier molecular flexibility index (Phi) is 8.12. The summed E-state index contributed by atoms with van der Waals surface area (Å²) in [5, 5.41) is 18.0. The minimum atomic E-state index is -1.16. The molecule has 1 unspecified atom stereocenters. The van der Waals surface area contributed by atoms with Crippen molar-refractivity contribution < 1.29 is 19.4 Å². The van der Waals surface area contributed by atoms with Crippen LogP contribution in [-0.4, -0.2) is 34.6 Å². The van der Waals surface area contributed by atoms with Gasteiger partial charge in [-0.3, -0.25) is 10.2 Å². The van der Waals surface area contributed by atoms with Crippen molar-refractivity contribution in [2.45, 2.75) is 45.3 Å². The van der Waals surface area contributed by atoms with E-state index in [2.05, 4.69) is 5.32 Å². The molecule has 0 amide bonds. The van der Waals surface area contributed by atoms with E-state index in [1.807, 2.05) is 0 Å². The number of carboxylic acids is 1. The lowest BCUT2D eigenvalue weighted by atomic mass is 10.1. The Hall–Kier alpha value is -1.50. The number of carbonyl (C=O) groups is 2.